The summed E-state index contributed by atoms with van der Waals surface area (Å²) < 4.78 is 7.78. The molecule has 2 aromatic carbocycles. The predicted octanol–water partition coefficient (Wildman–Crippen LogP) is 5.05. The van der Waals surface area contributed by atoms with Gasteiger partial charge >= 0.3 is 0 Å². The van der Waals surface area contributed by atoms with Crippen molar-refractivity contribution in [2.75, 3.05) is 0 Å². The molecule has 0 bridgehead atoms. The van der Waals surface area contributed by atoms with E-state index in [0.717, 1.165) is 34.0 Å². The highest BCUT2D eigenvalue weighted by molar-refractivity contribution is 5.92. The lowest BCUT2D eigenvalue weighted by atomic mass is 10.1. The highest BCUT2D eigenvalue weighted by Gasteiger charge is 2.08. The van der Waals surface area contributed by atoms with Gasteiger partial charge in [0, 0.05) is 42.1 Å². The smallest absolute Gasteiger partial charge is 0.244 e. The number of nitrogens with one attached hydrogen (secondary N) is 1. The van der Waals surface area contributed by atoms with E-state index >= 15 is 0 Å². The quantitative estimate of drug-likeness (QED) is 0.391. The number of pyridine rings is 1. The van der Waals surface area contributed by atoms with E-state index in [0.29, 0.717) is 6.61 Å². The molecule has 6 nitrogen and oxygen atoms in total. The Bertz CT molecular complexity index is 1210. The molecule has 33 heavy (non-hydrogen) atoms. The number of imidazole rings is 1. The second-order valence-electron chi connectivity index (χ2n) is 7.72. The van der Waals surface area contributed by atoms with Gasteiger partial charge in [0.1, 0.15) is 18.2 Å². The lowest BCUT2D eigenvalue weighted by Gasteiger charge is -2.14. The van der Waals surface area contributed by atoms with Gasteiger partial charge in [0.25, 0.3) is 0 Å². The third-order valence-electron chi connectivity index (χ3n) is 5.29. The minimum Gasteiger partial charge on any atom is -0.489 e. The first kappa shape index (κ1) is 22.0. The maximum atomic E-state index is 12.4. The highest BCUT2D eigenvalue weighted by Crippen LogP contribution is 2.18. The van der Waals surface area contributed by atoms with E-state index in [4.69, 9.17) is 4.74 Å². The van der Waals surface area contributed by atoms with Crippen LogP contribution in [0.3, 0.4) is 0 Å². The SMILES string of the molecule is Cc1nccn1-c1ccc([C@H](C)NC(=O)/C=C\c2ccc(OCc3cccnc3)cc2)cc1. The standard InChI is InChI=1S/C27H26N4O2/c1-20(24-8-10-25(11-9-24)31-17-16-29-21(31)2)30-27(32)14-7-22-5-12-26(13-6-22)33-19-23-4-3-15-28-18-23/h3-18,20H,19H2,1-2H3,(H,30,32)/b14-7-/t20-/m0/s1. The summed E-state index contributed by atoms with van der Waals surface area (Å²) in [6.07, 6.45) is 10.6. The molecule has 0 radical (unpaired) electrons. The number of rotatable bonds is 8. The van der Waals surface area contributed by atoms with Crippen LogP contribution >= 0.6 is 0 Å². The van der Waals surface area contributed by atoms with Crippen molar-refractivity contribution in [3.63, 3.8) is 0 Å². The maximum absolute atomic E-state index is 12.4. The van der Waals surface area contributed by atoms with Crippen molar-refractivity contribution in [2.24, 2.45) is 0 Å². The van der Waals surface area contributed by atoms with Crippen LogP contribution in [0.4, 0.5) is 0 Å². The van der Waals surface area contributed by atoms with Crippen LogP contribution in [0, 0.1) is 6.92 Å². The lowest BCUT2D eigenvalue weighted by Crippen LogP contribution is -2.24. The fourth-order valence-electron chi connectivity index (χ4n) is 3.42. The Morgan fingerprint density at radius 2 is 1.88 bits per heavy atom. The first-order valence-electron chi connectivity index (χ1n) is 10.8. The molecular formula is C27H26N4O2. The van der Waals surface area contributed by atoms with E-state index in [9.17, 15) is 4.79 Å². The zero-order valence-corrected chi connectivity index (χ0v) is 18.7. The van der Waals surface area contributed by atoms with Crippen molar-refractivity contribution in [1.82, 2.24) is 19.9 Å². The number of hydrogen-bond acceptors (Lipinski definition) is 4. The number of carbonyl (C=O) groups excluding carboxylic acids is 1. The molecule has 0 aliphatic carbocycles. The Morgan fingerprint density at radius 3 is 2.55 bits per heavy atom. The Morgan fingerprint density at radius 1 is 1.09 bits per heavy atom. The summed E-state index contributed by atoms with van der Waals surface area (Å²) in [4.78, 5) is 20.7. The fourth-order valence-corrected chi connectivity index (χ4v) is 3.42. The Kier molecular flexibility index (Phi) is 6.95. The van der Waals surface area contributed by atoms with Crippen molar-refractivity contribution in [3.05, 3.63) is 114 Å². The number of nitrogens with zero attached hydrogens (tertiary/aromatic N) is 3. The van der Waals surface area contributed by atoms with Crippen molar-refractivity contribution in [1.29, 1.82) is 0 Å². The molecule has 0 saturated carbocycles. The normalized spacial score (nSPS) is 11.9. The largest absolute Gasteiger partial charge is 0.489 e. The van der Waals surface area contributed by atoms with Crippen molar-refractivity contribution >= 4 is 12.0 Å². The molecule has 1 atom stereocenters. The number of carbonyl (C=O) groups is 1. The summed E-state index contributed by atoms with van der Waals surface area (Å²) in [6.45, 7) is 4.40. The molecule has 0 aliphatic rings. The van der Waals surface area contributed by atoms with Gasteiger partial charge in [0.15, 0.2) is 0 Å². The minimum atomic E-state index is -0.145. The van der Waals surface area contributed by atoms with Gasteiger partial charge in [0.05, 0.1) is 6.04 Å². The summed E-state index contributed by atoms with van der Waals surface area (Å²) in [5.41, 5.74) is 4.01. The maximum Gasteiger partial charge on any atom is 0.244 e. The Balaban J connectivity index is 1.29. The minimum absolute atomic E-state index is 0.108. The van der Waals surface area contributed by atoms with Gasteiger partial charge in [-0.3, -0.25) is 9.78 Å². The summed E-state index contributed by atoms with van der Waals surface area (Å²) in [6, 6.07) is 19.5. The molecule has 4 aromatic rings. The van der Waals surface area contributed by atoms with Gasteiger partial charge in [-0.25, -0.2) is 4.98 Å². The molecule has 4 rings (SSSR count). The van der Waals surface area contributed by atoms with Gasteiger partial charge in [-0.05, 0) is 61.4 Å². The van der Waals surface area contributed by atoms with Gasteiger partial charge in [-0.15, -0.1) is 0 Å². The van der Waals surface area contributed by atoms with E-state index in [2.05, 4.69) is 15.3 Å². The fraction of sp³-hybridized carbons (Fsp3) is 0.148. The molecule has 0 saturated heterocycles. The van der Waals surface area contributed by atoms with E-state index in [1.807, 2.05) is 85.3 Å². The van der Waals surface area contributed by atoms with E-state index in [-0.39, 0.29) is 11.9 Å². The van der Waals surface area contributed by atoms with Crippen molar-refractivity contribution in [3.8, 4) is 11.4 Å². The summed E-state index contributed by atoms with van der Waals surface area (Å²) in [5.74, 6) is 1.56. The van der Waals surface area contributed by atoms with E-state index < -0.39 is 0 Å². The lowest BCUT2D eigenvalue weighted by molar-refractivity contribution is -0.117. The molecule has 0 spiro atoms. The first-order chi connectivity index (χ1) is 16.1. The van der Waals surface area contributed by atoms with Crippen LogP contribution in [-0.4, -0.2) is 20.4 Å². The number of aromatic nitrogens is 3. The molecular weight excluding hydrogens is 412 g/mol. The van der Waals surface area contributed by atoms with Crippen LogP contribution in [-0.2, 0) is 11.4 Å². The van der Waals surface area contributed by atoms with Crippen LogP contribution in [0.15, 0.2) is 91.5 Å². The first-order valence-corrected chi connectivity index (χ1v) is 10.8. The highest BCUT2D eigenvalue weighted by atomic mass is 16.5. The second-order valence-corrected chi connectivity index (χ2v) is 7.72. The molecule has 2 heterocycles. The topological polar surface area (TPSA) is 69.0 Å². The number of ether oxygens (including phenoxy) is 1. The Hall–Kier alpha value is -4.19. The average Bonchev–Trinajstić information content (AvgIpc) is 3.28. The summed E-state index contributed by atoms with van der Waals surface area (Å²) >= 11 is 0. The summed E-state index contributed by atoms with van der Waals surface area (Å²) in [7, 11) is 0. The van der Waals surface area contributed by atoms with Gasteiger partial charge in [0.2, 0.25) is 5.91 Å². The number of aryl methyl sites for hydroxylation is 1. The molecule has 2 aromatic heterocycles. The van der Waals surface area contributed by atoms with E-state index in [1.54, 1.807) is 30.7 Å². The van der Waals surface area contributed by atoms with Gasteiger partial charge in [-0.2, -0.15) is 0 Å². The Labute approximate surface area is 193 Å². The third kappa shape index (κ3) is 5.95. The number of hydrogen-bond donors (Lipinski definition) is 1. The monoisotopic (exact) mass is 438 g/mol. The van der Waals surface area contributed by atoms with Crippen LogP contribution < -0.4 is 10.1 Å². The molecule has 1 amide bonds. The van der Waals surface area contributed by atoms with Gasteiger partial charge in [-0.1, -0.05) is 30.3 Å². The van der Waals surface area contributed by atoms with Crippen molar-refractivity contribution in [2.45, 2.75) is 26.5 Å². The number of benzene rings is 2. The van der Waals surface area contributed by atoms with Crippen LogP contribution in [0.1, 0.15) is 35.5 Å². The van der Waals surface area contributed by atoms with Crippen molar-refractivity contribution < 1.29 is 9.53 Å². The molecule has 1 N–H and O–H groups in total. The molecule has 0 aliphatic heterocycles. The average molecular weight is 439 g/mol. The summed E-state index contributed by atoms with van der Waals surface area (Å²) in [5, 5.41) is 3.01. The predicted molar refractivity (Wildman–Crippen MR) is 129 cm³/mol. The van der Waals surface area contributed by atoms with Crippen LogP contribution in [0.2, 0.25) is 0 Å². The molecule has 0 unspecified atom stereocenters. The van der Waals surface area contributed by atoms with E-state index in [1.165, 1.54) is 0 Å². The van der Waals surface area contributed by atoms with Crippen LogP contribution in [0.5, 0.6) is 5.75 Å². The zero-order valence-electron chi connectivity index (χ0n) is 18.7. The second kappa shape index (κ2) is 10.4. The van der Waals surface area contributed by atoms with Crippen LogP contribution in [0.25, 0.3) is 11.8 Å². The van der Waals surface area contributed by atoms with Gasteiger partial charge < -0.3 is 14.6 Å². The third-order valence-corrected chi connectivity index (χ3v) is 5.29. The molecule has 0 fully saturated rings. The molecule has 6 heteroatoms. The molecule has 166 valence electrons. The zero-order chi connectivity index (χ0) is 23.0. The number of amides is 1.